The minimum absolute atomic E-state index is 0.401. The van der Waals surface area contributed by atoms with Crippen LogP contribution in [0.1, 0.15) is 49.9 Å². The minimum Gasteiger partial charge on any atom is -0.399 e. The Balaban J connectivity index is 1.49. The van der Waals surface area contributed by atoms with E-state index in [9.17, 15) is 0 Å². The third-order valence-corrected chi connectivity index (χ3v) is 9.20. The van der Waals surface area contributed by atoms with Crippen molar-refractivity contribution in [2.45, 2.75) is 44.3 Å². The second-order valence-corrected chi connectivity index (χ2v) is 12.0. The first-order valence-corrected chi connectivity index (χ1v) is 14.1. The maximum atomic E-state index is 6.50. The molecule has 0 atom stereocenters. The molecule has 0 saturated carbocycles. The maximum absolute atomic E-state index is 6.50. The summed E-state index contributed by atoms with van der Waals surface area (Å²) < 4.78 is 13.0. The Morgan fingerprint density at radius 3 is 1.60 bits per heavy atom. The molecule has 1 fully saturated rings. The van der Waals surface area contributed by atoms with E-state index in [2.05, 4.69) is 155 Å². The van der Waals surface area contributed by atoms with Gasteiger partial charge in [0.1, 0.15) is 0 Å². The van der Waals surface area contributed by atoms with Crippen molar-refractivity contribution in [2.75, 3.05) is 0 Å². The summed E-state index contributed by atoms with van der Waals surface area (Å²) >= 11 is 0. The highest BCUT2D eigenvalue weighted by atomic mass is 16.7. The Labute approximate surface area is 237 Å². The molecule has 0 N–H and O–H groups in total. The van der Waals surface area contributed by atoms with E-state index >= 15 is 0 Å². The normalized spacial score (nSPS) is 17.9. The molecule has 0 bridgehead atoms. The highest BCUT2D eigenvalue weighted by Gasteiger charge is 2.52. The molecule has 0 amide bonds. The van der Waals surface area contributed by atoms with Gasteiger partial charge in [-0.15, -0.1) is 0 Å². The fourth-order valence-electron chi connectivity index (χ4n) is 6.48. The van der Waals surface area contributed by atoms with E-state index in [0.717, 1.165) is 5.46 Å². The number of hydrogen-bond acceptors (Lipinski definition) is 2. The van der Waals surface area contributed by atoms with E-state index in [4.69, 9.17) is 9.31 Å². The lowest BCUT2D eigenvalue weighted by Crippen LogP contribution is -2.41. The zero-order valence-corrected chi connectivity index (χ0v) is 23.5. The fourth-order valence-corrected chi connectivity index (χ4v) is 6.48. The lowest BCUT2D eigenvalue weighted by molar-refractivity contribution is 0.00578. The molecular formula is C37H33BO2. The average Bonchev–Trinajstić information content (AvgIpc) is 3.40. The van der Waals surface area contributed by atoms with Crippen LogP contribution >= 0.6 is 0 Å². The van der Waals surface area contributed by atoms with Crippen molar-refractivity contribution < 1.29 is 9.31 Å². The second kappa shape index (κ2) is 9.06. The van der Waals surface area contributed by atoms with Gasteiger partial charge in [0.2, 0.25) is 0 Å². The van der Waals surface area contributed by atoms with Crippen molar-refractivity contribution >= 4 is 12.6 Å². The zero-order valence-electron chi connectivity index (χ0n) is 23.5. The lowest BCUT2D eigenvalue weighted by Gasteiger charge is -2.34. The molecular weight excluding hydrogens is 487 g/mol. The molecule has 0 spiro atoms. The van der Waals surface area contributed by atoms with Crippen molar-refractivity contribution in [2.24, 2.45) is 0 Å². The number of hydrogen-bond donors (Lipinski definition) is 0. The number of rotatable bonds is 4. The van der Waals surface area contributed by atoms with E-state index in [0.29, 0.717) is 0 Å². The standard InChI is InChI=1S/C37H33BO2/c1-35(2)36(3,4)40-38(39-35)30-19-13-18-29(25-30)37(28-17-12-16-27(24-28)26-14-6-5-7-15-26)33-22-10-8-20-31(33)32-21-9-11-23-34(32)37/h5-25H,1-4H3. The molecule has 3 heteroatoms. The molecule has 196 valence electrons. The minimum atomic E-state index is -0.488. The first kappa shape index (κ1) is 25.1. The third kappa shape index (κ3) is 3.65. The van der Waals surface area contributed by atoms with Crippen LogP contribution in [0.25, 0.3) is 22.3 Å². The van der Waals surface area contributed by atoms with Gasteiger partial charge in [0.05, 0.1) is 16.6 Å². The van der Waals surface area contributed by atoms with Crippen LogP contribution in [0.3, 0.4) is 0 Å². The van der Waals surface area contributed by atoms with Gasteiger partial charge >= 0.3 is 7.12 Å². The Kier molecular flexibility index (Phi) is 5.68. The number of fused-ring (bicyclic) bond motifs is 3. The van der Waals surface area contributed by atoms with Crippen LogP contribution in [-0.4, -0.2) is 18.3 Å². The first-order valence-electron chi connectivity index (χ1n) is 14.1. The highest BCUT2D eigenvalue weighted by molar-refractivity contribution is 6.62. The third-order valence-electron chi connectivity index (χ3n) is 9.20. The summed E-state index contributed by atoms with van der Waals surface area (Å²) in [6.07, 6.45) is 0. The van der Waals surface area contributed by atoms with Crippen molar-refractivity contribution in [1.82, 2.24) is 0 Å². The molecule has 5 aromatic rings. The van der Waals surface area contributed by atoms with E-state index in [-0.39, 0.29) is 0 Å². The molecule has 1 heterocycles. The monoisotopic (exact) mass is 520 g/mol. The topological polar surface area (TPSA) is 18.5 Å². The zero-order chi connectivity index (χ0) is 27.5. The van der Waals surface area contributed by atoms with Gasteiger partial charge in [0, 0.05) is 0 Å². The van der Waals surface area contributed by atoms with E-state index < -0.39 is 23.7 Å². The molecule has 1 saturated heterocycles. The van der Waals surface area contributed by atoms with Crippen LogP contribution in [0.4, 0.5) is 0 Å². The average molecular weight is 520 g/mol. The van der Waals surface area contributed by atoms with Gasteiger partial charge in [0.15, 0.2) is 0 Å². The smallest absolute Gasteiger partial charge is 0.399 e. The lowest BCUT2D eigenvalue weighted by atomic mass is 9.65. The molecule has 0 unspecified atom stereocenters. The summed E-state index contributed by atoms with van der Waals surface area (Å²) in [5.74, 6) is 0. The summed E-state index contributed by atoms with van der Waals surface area (Å²) in [5, 5.41) is 0. The van der Waals surface area contributed by atoms with Crippen molar-refractivity contribution in [1.29, 1.82) is 0 Å². The summed E-state index contributed by atoms with van der Waals surface area (Å²) in [6.45, 7) is 8.43. The van der Waals surface area contributed by atoms with Gasteiger partial charge in [0.25, 0.3) is 0 Å². The molecule has 5 aromatic carbocycles. The molecule has 7 rings (SSSR count). The predicted molar refractivity (Wildman–Crippen MR) is 165 cm³/mol. The Morgan fingerprint density at radius 2 is 0.975 bits per heavy atom. The SMILES string of the molecule is CC1(C)OB(c2cccc(C3(c4cccc(-c5ccccc5)c4)c4ccccc4-c4ccccc43)c2)OC1(C)C. The molecule has 0 aromatic heterocycles. The van der Waals surface area contributed by atoms with Crippen LogP contribution in [0, 0.1) is 0 Å². The second-order valence-electron chi connectivity index (χ2n) is 12.0. The Bertz CT molecular complexity index is 1660. The highest BCUT2D eigenvalue weighted by Crippen LogP contribution is 2.56. The quantitative estimate of drug-likeness (QED) is 0.219. The first-order chi connectivity index (χ1) is 19.3. The molecule has 2 aliphatic rings. The van der Waals surface area contributed by atoms with Gasteiger partial charge in [-0.1, -0.05) is 121 Å². The number of benzene rings is 5. The van der Waals surface area contributed by atoms with Gasteiger partial charge in [-0.3, -0.25) is 0 Å². The van der Waals surface area contributed by atoms with Crippen LogP contribution in [0.5, 0.6) is 0 Å². The van der Waals surface area contributed by atoms with Crippen LogP contribution in [0.15, 0.2) is 127 Å². The largest absolute Gasteiger partial charge is 0.494 e. The van der Waals surface area contributed by atoms with Crippen LogP contribution < -0.4 is 5.46 Å². The van der Waals surface area contributed by atoms with Gasteiger partial charge < -0.3 is 9.31 Å². The summed E-state index contributed by atoms with van der Waals surface area (Å²) in [6, 6.07) is 46.3. The van der Waals surface area contributed by atoms with Gasteiger partial charge in [-0.2, -0.15) is 0 Å². The Hall–Kier alpha value is -3.92. The van der Waals surface area contributed by atoms with Crippen molar-refractivity contribution in [3.63, 3.8) is 0 Å². The maximum Gasteiger partial charge on any atom is 0.494 e. The van der Waals surface area contributed by atoms with Gasteiger partial charge in [-0.05, 0) is 83.7 Å². The molecule has 40 heavy (non-hydrogen) atoms. The van der Waals surface area contributed by atoms with Crippen LogP contribution in [-0.2, 0) is 14.7 Å². The molecule has 1 aliphatic carbocycles. The summed E-state index contributed by atoms with van der Waals surface area (Å²) in [5.41, 5.74) is 9.79. The molecule has 1 aliphatic heterocycles. The van der Waals surface area contributed by atoms with Crippen molar-refractivity contribution in [3.8, 4) is 22.3 Å². The Morgan fingerprint density at radius 1 is 0.475 bits per heavy atom. The van der Waals surface area contributed by atoms with Gasteiger partial charge in [-0.25, -0.2) is 0 Å². The summed E-state index contributed by atoms with van der Waals surface area (Å²) in [7, 11) is -0.426. The summed E-state index contributed by atoms with van der Waals surface area (Å²) in [4.78, 5) is 0. The van der Waals surface area contributed by atoms with E-state index in [1.165, 1.54) is 44.5 Å². The molecule has 2 nitrogen and oxygen atoms in total. The van der Waals surface area contributed by atoms with Crippen molar-refractivity contribution in [3.05, 3.63) is 150 Å². The predicted octanol–water partition coefficient (Wildman–Crippen LogP) is 8.02. The van der Waals surface area contributed by atoms with Crippen LogP contribution in [0.2, 0.25) is 0 Å². The van der Waals surface area contributed by atoms with E-state index in [1.807, 2.05) is 0 Å². The molecule has 0 radical (unpaired) electrons. The fraction of sp³-hybridized carbons (Fsp3) is 0.189. The van der Waals surface area contributed by atoms with E-state index in [1.54, 1.807) is 0 Å².